The van der Waals surface area contributed by atoms with Crippen LogP contribution in [-0.4, -0.2) is 23.4 Å². The molecule has 0 radical (unpaired) electrons. The lowest BCUT2D eigenvalue weighted by atomic mass is 9.96. The number of carboxylic acids is 1. The maximum atomic E-state index is 11.2. The van der Waals surface area contributed by atoms with Crippen molar-refractivity contribution in [3.05, 3.63) is 12.7 Å². The predicted molar refractivity (Wildman–Crippen MR) is 67.7 cm³/mol. The molecule has 0 heterocycles. The molecular weight excluding hydrogens is 218 g/mol. The smallest absolute Gasteiger partial charge is 0.314 e. The first-order chi connectivity index (χ1) is 8.13. The second kappa shape index (κ2) is 10.0. The van der Waals surface area contributed by atoms with Crippen LogP contribution in [0, 0.1) is 5.92 Å². The number of hydrogen-bond donors (Lipinski definition) is 2. The monoisotopic (exact) mass is 241 g/mol. The highest BCUT2D eigenvalue weighted by molar-refractivity contribution is 6.03. The summed E-state index contributed by atoms with van der Waals surface area (Å²) in [5.41, 5.74) is 5.38. The van der Waals surface area contributed by atoms with Crippen molar-refractivity contribution < 1.29 is 14.7 Å². The number of carbonyl (C=O) groups is 2. The SMILES string of the molecule is C=CC(=O)C(CCCCCCCCN)C(=O)O. The number of aliphatic carboxylic acids is 1. The van der Waals surface area contributed by atoms with Gasteiger partial charge in [0, 0.05) is 0 Å². The minimum Gasteiger partial charge on any atom is -0.481 e. The van der Waals surface area contributed by atoms with Crippen molar-refractivity contribution in [2.45, 2.75) is 44.9 Å². The summed E-state index contributed by atoms with van der Waals surface area (Å²) in [6.45, 7) is 4.05. The summed E-state index contributed by atoms with van der Waals surface area (Å²) in [5, 5.41) is 8.86. The normalized spacial score (nSPS) is 12.1. The first-order valence-corrected chi connectivity index (χ1v) is 6.22. The zero-order valence-electron chi connectivity index (χ0n) is 10.4. The van der Waals surface area contributed by atoms with E-state index in [1.807, 2.05) is 0 Å². The molecule has 0 spiro atoms. The van der Waals surface area contributed by atoms with Crippen LogP contribution in [0.1, 0.15) is 44.9 Å². The number of ketones is 1. The van der Waals surface area contributed by atoms with E-state index in [-0.39, 0.29) is 5.78 Å². The zero-order valence-corrected chi connectivity index (χ0v) is 10.4. The molecule has 4 nitrogen and oxygen atoms in total. The van der Waals surface area contributed by atoms with Gasteiger partial charge in [-0.05, 0) is 25.5 Å². The molecule has 0 fully saturated rings. The van der Waals surface area contributed by atoms with Crippen molar-refractivity contribution in [3.8, 4) is 0 Å². The largest absolute Gasteiger partial charge is 0.481 e. The molecule has 0 saturated heterocycles. The second-order valence-electron chi connectivity index (χ2n) is 4.20. The number of nitrogens with two attached hydrogens (primary N) is 1. The van der Waals surface area contributed by atoms with Crippen LogP contribution < -0.4 is 5.73 Å². The fourth-order valence-corrected chi connectivity index (χ4v) is 1.73. The summed E-state index contributed by atoms with van der Waals surface area (Å²) in [6.07, 6.45) is 7.64. The summed E-state index contributed by atoms with van der Waals surface area (Å²) in [4.78, 5) is 22.1. The van der Waals surface area contributed by atoms with E-state index in [9.17, 15) is 9.59 Å². The van der Waals surface area contributed by atoms with E-state index < -0.39 is 11.9 Å². The van der Waals surface area contributed by atoms with Crippen LogP contribution in [0.25, 0.3) is 0 Å². The van der Waals surface area contributed by atoms with Gasteiger partial charge in [-0.25, -0.2) is 0 Å². The minimum absolute atomic E-state index is 0.388. The number of hydrogen-bond acceptors (Lipinski definition) is 3. The third-order valence-electron chi connectivity index (χ3n) is 2.79. The molecule has 0 bridgehead atoms. The van der Waals surface area contributed by atoms with Gasteiger partial charge < -0.3 is 10.8 Å². The van der Waals surface area contributed by atoms with E-state index in [1.165, 1.54) is 0 Å². The predicted octanol–water partition coefficient (Wildman–Crippen LogP) is 2.13. The van der Waals surface area contributed by atoms with Crippen LogP contribution in [0.5, 0.6) is 0 Å². The molecule has 0 aliphatic rings. The number of allylic oxidation sites excluding steroid dienone is 1. The fourth-order valence-electron chi connectivity index (χ4n) is 1.73. The molecular formula is C13H23NO3. The standard InChI is InChI=1S/C13H23NO3/c1-2-12(15)11(13(16)17)9-7-5-3-4-6-8-10-14/h2,11H,1,3-10,14H2,(H,16,17). The van der Waals surface area contributed by atoms with E-state index in [1.54, 1.807) is 0 Å². The van der Waals surface area contributed by atoms with Gasteiger partial charge >= 0.3 is 5.97 Å². The average molecular weight is 241 g/mol. The van der Waals surface area contributed by atoms with Crippen molar-refractivity contribution in [1.29, 1.82) is 0 Å². The summed E-state index contributed by atoms with van der Waals surface area (Å²) in [5.74, 6) is -2.34. The molecule has 0 amide bonds. The summed E-state index contributed by atoms with van der Waals surface area (Å²) < 4.78 is 0. The number of unbranched alkanes of at least 4 members (excludes halogenated alkanes) is 5. The first kappa shape index (κ1) is 15.8. The number of rotatable bonds is 11. The summed E-state index contributed by atoms with van der Waals surface area (Å²) in [7, 11) is 0. The van der Waals surface area contributed by atoms with Gasteiger partial charge in [0.25, 0.3) is 0 Å². The molecule has 17 heavy (non-hydrogen) atoms. The van der Waals surface area contributed by atoms with Crippen LogP contribution in [0.15, 0.2) is 12.7 Å². The molecule has 0 aliphatic carbocycles. The first-order valence-electron chi connectivity index (χ1n) is 6.22. The molecule has 0 aromatic heterocycles. The molecule has 1 unspecified atom stereocenters. The van der Waals surface area contributed by atoms with Gasteiger partial charge in [0.15, 0.2) is 5.78 Å². The molecule has 0 aromatic rings. The quantitative estimate of drug-likeness (QED) is 0.330. The van der Waals surface area contributed by atoms with Gasteiger partial charge in [-0.1, -0.05) is 38.7 Å². The van der Waals surface area contributed by atoms with Crippen LogP contribution in [-0.2, 0) is 9.59 Å². The molecule has 3 N–H and O–H groups in total. The van der Waals surface area contributed by atoms with Gasteiger partial charge in [0.1, 0.15) is 5.92 Å². The summed E-state index contributed by atoms with van der Waals surface area (Å²) in [6, 6.07) is 0. The van der Waals surface area contributed by atoms with Crippen LogP contribution in [0.4, 0.5) is 0 Å². The molecule has 0 aromatic carbocycles. The third kappa shape index (κ3) is 7.69. The highest BCUT2D eigenvalue weighted by Gasteiger charge is 2.22. The van der Waals surface area contributed by atoms with Crippen molar-refractivity contribution in [2.24, 2.45) is 11.7 Å². The maximum absolute atomic E-state index is 11.2. The lowest BCUT2D eigenvalue weighted by Gasteiger charge is -2.08. The Bertz CT molecular complexity index is 251. The Morgan fingerprint density at radius 2 is 1.65 bits per heavy atom. The lowest BCUT2D eigenvalue weighted by Crippen LogP contribution is -2.21. The molecule has 98 valence electrons. The van der Waals surface area contributed by atoms with Gasteiger partial charge in [0.05, 0.1) is 0 Å². The van der Waals surface area contributed by atoms with E-state index in [0.717, 1.165) is 51.1 Å². The topological polar surface area (TPSA) is 80.4 Å². The molecule has 0 saturated carbocycles. The zero-order chi connectivity index (χ0) is 13.1. The minimum atomic E-state index is -1.04. The van der Waals surface area contributed by atoms with Crippen molar-refractivity contribution in [3.63, 3.8) is 0 Å². The Hall–Kier alpha value is -1.16. The molecule has 0 aliphatic heterocycles. The van der Waals surface area contributed by atoms with Crippen molar-refractivity contribution in [1.82, 2.24) is 0 Å². The van der Waals surface area contributed by atoms with Gasteiger partial charge in [-0.3, -0.25) is 9.59 Å². The lowest BCUT2D eigenvalue weighted by molar-refractivity contribution is -0.145. The highest BCUT2D eigenvalue weighted by Crippen LogP contribution is 2.14. The third-order valence-corrected chi connectivity index (χ3v) is 2.79. The molecule has 4 heteroatoms. The van der Waals surface area contributed by atoms with Gasteiger partial charge in [0.2, 0.25) is 0 Å². The second-order valence-corrected chi connectivity index (χ2v) is 4.20. The van der Waals surface area contributed by atoms with Crippen LogP contribution >= 0.6 is 0 Å². The van der Waals surface area contributed by atoms with Gasteiger partial charge in [-0.15, -0.1) is 0 Å². The Kier molecular flexibility index (Phi) is 9.34. The van der Waals surface area contributed by atoms with E-state index in [4.69, 9.17) is 10.8 Å². The van der Waals surface area contributed by atoms with Crippen LogP contribution in [0.2, 0.25) is 0 Å². The Balaban J connectivity index is 3.66. The van der Waals surface area contributed by atoms with Crippen LogP contribution in [0.3, 0.4) is 0 Å². The van der Waals surface area contributed by atoms with E-state index in [2.05, 4.69) is 6.58 Å². The Labute approximate surface area is 103 Å². The average Bonchev–Trinajstić information content (AvgIpc) is 2.31. The van der Waals surface area contributed by atoms with E-state index >= 15 is 0 Å². The Morgan fingerprint density at radius 3 is 2.12 bits per heavy atom. The fraction of sp³-hybridized carbons (Fsp3) is 0.692. The maximum Gasteiger partial charge on any atom is 0.314 e. The Morgan fingerprint density at radius 1 is 1.12 bits per heavy atom. The van der Waals surface area contributed by atoms with Gasteiger partial charge in [-0.2, -0.15) is 0 Å². The number of carbonyl (C=O) groups excluding carboxylic acids is 1. The van der Waals surface area contributed by atoms with Crippen molar-refractivity contribution >= 4 is 11.8 Å². The van der Waals surface area contributed by atoms with Crippen molar-refractivity contribution in [2.75, 3.05) is 6.54 Å². The highest BCUT2D eigenvalue weighted by atomic mass is 16.4. The summed E-state index contributed by atoms with van der Waals surface area (Å²) >= 11 is 0. The number of carboxylic acid groups (broad SMARTS) is 1. The van der Waals surface area contributed by atoms with E-state index in [0.29, 0.717) is 6.42 Å². The molecule has 1 atom stereocenters. The molecule has 0 rings (SSSR count).